The van der Waals surface area contributed by atoms with Crippen molar-refractivity contribution >= 4 is 69.5 Å². The van der Waals surface area contributed by atoms with Crippen molar-refractivity contribution in [1.82, 2.24) is 4.90 Å². The van der Waals surface area contributed by atoms with Gasteiger partial charge in [-0.15, -0.1) is 0 Å². The number of nitro groups is 2. The van der Waals surface area contributed by atoms with Gasteiger partial charge < -0.3 is 19.5 Å². The first-order chi connectivity index (χ1) is 20.9. The molecule has 0 atom stereocenters. The van der Waals surface area contributed by atoms with E-state index in [0.717, 1.165) is 23.1 Å². The number of hydrogen-bond acceptors (Lipinski definition) is 12. The summed E-state index contributed by atoms with van der Waals surface area (Å²) in [5, 5.41) is 24.3. The van der Waals surface area contributed by atoms with Crippen molar-refractivity contribution < 1.29 is 43.2 Å². The molecule has 0 aromatic heterocycles. The van der Waals surface area contributed by atoms with Gasteiger partial charge in [0.15, 0.2) is 11.5 Å². The van der Waals surface area contributed by atoms with E-state index in [1.165, 1.54) is 56.7 Å². The van der Waals surface area contributed by atoms with Crippen molar-refractivity contribution in [2.45, 2.75) is 0 Å². The molecule has 17 heteroatoms. The fraction of sp³-hybridized carbons (Fsp3) is 0.111. The second-order valence-corrected chi connectivity index (χ2v) is 10.1. The van der Waals surface area contributed by atoms with Crippen LogP contribution in [0.25, 0.3) is 6.08 Å². The third kappa shape index (κ3) is 6.93. The highest BCUT2D eigenvalue weighted by atomic mass is 35.5. The molecule has 15 nitrogen and oxygen atoms in total. The first kappa shape index (κ1) is 31.5. The number of nitro benzene ring substituents is 2. The third-order valence-corrected chi connectivity index (χ3v) is 7.12. The second kappa shape index (κ2) is 13.2. The van der Waals surface area contributed by atoms with E-state index in [0.29, 0.717) is 17.3 Å². The Morgan fingerprint density at radius 2 is 1.70 bits per heavy atom. The Morgan fingerprint density at radius 3 is 2.36 bits per heavy atom. The van der Waals surface area contributed by atoms with E-state index >= 15 is 0 Å². The molecule has 0 spiro atoms. The van der Waals surface area contributed by atoms with Crippen LogP contribution in [0.2, 0.25) is 5.02 Å². The van der Waals surface area contributed by atoms with E-state index in [1.807, 2.05) is 0 Å². The maximum atomic E-state index is 13.0. The van der Waals surface area contributed by atoms with Gasteiger partial charge in [-0.2, -0.15) is 0 Å². The van der Waals surface area contributed by atoms with Crippen LogP contribution in [0.5, 0.6) is 17.2 Å². The van der Waals surface area contributed by atoms with Gasteiger partial charge in [-0.25, -0.2) is 4.79 Å². The van der Waals surface area contributed by atoms with E-state index in [1.54, 1.807) is 0 Å². The largest absolute Gasteiger partial charge is 0.493 e. The summed E-state index contributed by atoms with van der Waals surface area (Å²) in [6, 6.07) is 11.3. The van der Waals surface area contributed by atoms with Crippen molar-refractivity contribution in [3.8, 4) is 17.2 Å². The molecular formula is C27H19ClN4O11S. The minimum Gasteiger partial charge on any atom is -0.493 e. The molecule has 3 aromatic carbocycles. The van der Waals surface area contributed by atoms with Gasteiger partial charge in [-0.3, -0.25) is 39.5 Å². The van der Waals surface area contributed by atoms with Crippen molar-refractivity contribution in [2.75, 3.05) is 26.1 Å². The number of nitrogens with zero attached hydrogens (tertiary/aromatic N) is 3. The Morgan fingerprint density at radius 1 is 0.977 bits per heavy atom. The molecule has 0 saturated carbocycles. The number of non-ortho nitro benzene ring substituents is 1. The molecule has 0 aliphatic carbocycles. The Hall–Kier alpha value is -5.48. The fourth-order valence-electron chi connectivity index (χ4n) is 3.83. The highest BCUT2D eigenvalue weighted by Gasteiger charge is 2.36. The number of esters is 1. The summed E-state index contributed by atoms with van der Waals surface area (Å²) >= 11 is 6.58. The normalized spacial score (nSPS) is 13.5. The van der Waals surface area contributed by atoms with Crippen molar-refractivity contribution in [3.05, 3.63) is 95.9 Å². The van der Waals surface area contributed by atoms with E-state index in [4.69, 9.17) is 21.1 Å². The standard InChI is InChI=1S/C27H19ClN4O11S/c1-41-22-9-14(3-7-21(22)43-20-8-5-16(31(37)38)12-19(20)32(39)40)10-23-25(34)30(27(36)44-23)13-24(33)29-15-4-6-18(28)17(11-15)26(35)42-2/h3-12H,13H2,1-2H3,(H,29,33)/b23-10+. The van der Waals surface area contributed by atoms with Gasteiger partial charge in [-0.05, 0) is 59.8 Å². The number of amides is 3. The molecule has 0 unspecified atom stereocenters. The van der Waals surface area contributed by atoms with E-state index in [-0.39, 0.29) is 38.4 Å². The molecule has 44 heavy (non-hydrogen) atoms. The quantitative estimate of drug-likeness (QED) is 0.128. The number of rotatable bonds is 10. The number of anilines is 1. The molecule has 1 fully saturated rings. The van der Waals surface area contributed by atoms with Gasteiger partial charge in [0.25, 0.3) is 16.8 Å². The van der Waals surface area contributed by atoms with Crippen LogP contribution in [0.4, 0.5) is 21.9 Å². The van der Waals surface area contributed by atoms with Gasteiger partial charge in [0.1, 0.15) is 6.54 Å². The first-order valence-electron chi connectivity index (χ1n) is 12.1. The molecular weight excluding hydrogens is 624 g/mol. The number of hydrogen-bond donors (Lipinski definition) is 1. The average Bonchev–Trinajstić information content (AvgIpc) is 3.25. The van der Waals surface area contributed by atoms with Crippen molar-refractivity contribution in [2.24, 2.45) is 0 Å². The Kier molecular flexibility index (Phi) is 9.45. The van der Waals surface area contributed by atoms with E-state index in [9.17, 15) is 39.4 Å². The number of benzene rings is 3. The number of nitrogens with one attached hydrogen (secondary N) is 1. The van der Waals surface area contributed by atoms with Gasteiger partial charge in [0.2, 0.25) is 11.7 Å². The first-order valence-corrected chi connectivity index (χ1v) is 13.3. The third-order valence-electron chi connectivity index (χ3n) is 5.89. The summed E-state index contributed by atoms with van der Waals surface area (Å²) in [4.78, 5) is 71.6. The molecule has 1 saturated heterocycles. The average molecular weight is 643 g/mol. The fourth-order valence-corrected chi connectivity index (χ4v) is 4.86. The number of ether oxygens (including phenoxy) is 3. The number of halogens is 1. The predicted molar refractivity (Wildman–Crippen MR) is 157 cm³/mol. The summed E-state index contributed by atoms with van der Waals surface area (Å²) in [5.41, 5.74) is -0.535. The maximum Gasteiger partial charge on any atom is 0.339 e. The molecule has 1 aliphatic rings. The van der Waals surface area contributed by atoms with Gasteiger partial charge >= 0.3 is 11.7 Å². The number of thioether (sulfide) groups is 1. The maximum absolute atomic E-state index is 13.0. The molecule has 3 amide bonds. The summed E-state index contributed by atoms with van der Waals surface area (Å²) in [7, 11) is 2.48. The highest BCUT2D eigenvalue weighted by Crippen LogP contribution is 2.39. The van der Waals surface area contributed by atoms with Gasteiger partial charge in [-0.1, -0.05) is 17.7 Å². The topological polar surface area (TPSA) is 198 Å². The zero-order chi connectivity index (χ0) is 32.1. The summed E-state index contributed by atoms with van der Waals surface area (Å²) in [6.07, 6.45) is 1.38. The SMILES string of the molecule is COC(=O)c1cc(NC(=O)CN2C(=O)S/C(=C/c3ccc(Oc4ccc([N+](=O)[O-])cc4[N+](=O)[O-])c(OC)c3)C2=O)ccc1Cl. The summed E-state index contributed by atoms with van der Waals surface area (Å²) in [5.74, 6) is -2.31. The molecule has 0 radical (unpaired) electrons. The zero-order valence-electron chi connectivity index (χ0n) is 22.6. The predicted octanol–water partition coefficient (Wildman–Crippen LogP) is 5.42. The number of carbonyl (C=O) groups excluding carboxylic acids is 4. The number of carbonyl (C=O) groups is 4. The molecule has 1 N–H and O–H groups in total. The van der Waals surface area contributed by atoms with Crippen molar-refractivity contribution in [3.63, 3.8) is 0 Å². The molecule has 1 heterocycles. The van der Waals surface area contributed by atoms with Gasteiger partial charge in [0.05, 0.1) is 45.6 Å². The van der Waals surface area contributed by atoms with E-state index < -0.39 is 50.8 Å². The van der Waals surface area contributed by atoms with Gasteiger partial charge in [0, 0.05) is 11.8 Å². The minimum atomic E-state index is -0.825. The number of imide groups is 1. The van der Waals surface area contributed by atoms with Crippen LogP contribution >= 0.6 is 23.4 Å². The lowest BCUT2D eigenvalue weighted by atomic mass is 10.1. The van der Waals surface area contributed by atoms with Crippen LogP contribution in [-0.4, -0.2) is 58.5 Å². The Balaban J connectivity index is 1.49. The highest BCUT2D eigenvalue weighted by molar-refractivity contribution is 8.18. The van der Waals surface area contributed by atoms with Crippen LogP contribution in [0.15, 0.2) is 59.5 Å². The van der Waals surface area contributed by atoms with Crippen LogP contribution in [0, 0.1) is 20.2 Å². The summed E-state index contributed by atoms with van der Waals surface area (Å²) in [6.45, 7) is -0.609. The van der Waals surface area contributed by atoms with Crippen molar-refractivity contribution in [1.29, 1.82) is 0 Å². The van der Waals surface area contributed by atoms with Crippen LogP contribution in [-0.2, 0) is 14.3 Å². The Labute approximate surface area is 256 Å². The number of methoxy groups -OCH3 is 2. The zero-order valence-corrected chi connectivity index (χ0v) is 24.2. The Bertz CT molecular complexity index is 1760. The second-order valence-electron chi connectivity index (χ2n) is 8.68. The van der Waals surface area contributed by atoms with Crippen LogP contribution in [0.1, 0.15) is 15.9 Å². The monoisotopic (exact) mass is 642 g/mol. The van der Waals surface area contributed by atoms with Crippen LogP contribution < -0.4 is 14.8 Å². The molecule has 0 bridgehead atoms. The lowest BCUT2D eigenvalue weighted by Crippen LogP contribution is -2.36. The molecule has 1 aliphatic heterocycles. The van der Waals surface area contributed by atoms with E-state index in [2.05, 4.69) is 10.1 Å². The minimum absolute atomic E-state index is 0.00370. The smallest absolute Gasteiger partial charge is 0.339 e. The van der Waals surface area contributed by atoms with Crippen LogP contribution in [0.3, 0.4) is 0 Å². The lowest BCUT2D eigenvalue weighted by Gasteiger charge is -2.13. The molecule has 226 valence electrons. The lowest BCUT2D eigenvalue weighted by molar-refractivity contribution is -0.394. The summed E-state index contributed by atoms with van der Waals surface area (Å²) < 4.78 is 15.6. The molecule has 3 aromatic rings. The molecule has 4 rings (SSSR count).